The topological polar surface area (TPSA) is 70.5 Å². The Morgan fingerprint density at radius 2 is 1.92 bits per heavy atom. The number of carbonyl (C=O) groups is 2. The van der Waals surface area contributed by atoms with Crippen LogP contribution < -0.4 is 5.32 Å². The molecule has 1 aliphatic heterocycles. The predicted molar refractivity (Wildman–Crippen MR) is 82.7 cm³/mol. The minimum absolute atomic E-state index is 0.184. The van der Waals surface area contributed by atoms with Crippen LogP contribution >= 0.6 is 0 Å². The van der Waals surface area contributed by atoms with Crippen LogP contribution in [0.15, 0.2) is 12.3 Å². The zero-order valence-electron chi connectivity index (χ0n) is 13.3. The number of aromatic nitrogens is 2. The molecular formula is C15H21F2N5O2. The first-order valence-electron chi connectivity index (χ1n) is 8.19. The molecule has 1 N–H and O–H groups in total. The number of hydrogen-bond donors (Lipinski definition) is 1. The van der Waals surface area contributed by atoms with E-state index in [-0.39, 0.29) is 23.7 Å². The van der Waals surface area contributed by atoms with E-state index in [9.17, 15) is 18.4 Å². The Morgan fingerprint density at radius 3 is 2.62 bits per heavy atom. The largest absolute Gasteiger partial charge is 0.341 e. The Balaban J connectivity index is 1.51. The summed E-state index contributed by atoms with van der Waals surface area (Å²) in [6, 6.07) is 1.17. The van der Waals surface area contributed by atoms with Crippen molar-refractivity contribution in [3.05, 3.63) is 12.3 Å². The van der Waals surface area contributed by atoms with Gasteiger partial charge >= 0.3 is 6.03 Å². The Morgan fingerprint density at radius 1 is 1.21 bits per heavy atom. The van der Waals surface area contributed by atoms with Crippen LogP contribution in [0.1, 0.15) is 19.3 Å². The van der Waals surface area contributed by atoms with Crippen LogP contribution in [0.3, 0.4) is 0 Å². The van der Waals surface area contributed by atoms with E-state index < -0.39 is 13.0 Å². The van der Waals surface area contributed by atoms with Crippen molar-refractivity contribution >= 4 is 17.8 Å². The number of halogens is 2. The second-order valence-electron chi connectivity index (χ2n) is 6.18. The molecule has 0 atom stereocenters. The molecule has 1 aromatic rings. The molecule has 2 aliphatic rings. The van der Waals surface area contributed by atoms with Gasteiger partial charge in [0.15, 0.2) is 5.82 Å². The van der Waals surface area contributed by atoms with Crippen molar-refractivity contribution in [3.63, 3.8) is 0 Å². The van der Waals surface area contributed by atoms with E-state index in [1.165, 1.54) is 12.3 Å². The van der Waals surface area contributed by atoms with Crippen LogP contribution in [0.2, 0.25) is 0 Å². The third-order valence-electron chi connectivity index (χ3n) is 4.22. The van der Waals surface area contributed by atoms with Crippen LogP contribution in [0, 0.1) is 5.92 Å². The zero-order chi connectivity index (χ0) is 17.1. The smallest absolute Gasteiger partial charge is 0.323 e. The van der Waals surface area contributed by atoms with Crippen LogP contribution in [-0.4, -0.2) is 64.1 Å². The summed E-state index contributed by atoms with van der Waals surface area (Å²) in [5.41, 5.74) is 0. The molecule has 1 saturated heterocycles. The van der Waals surface area contributed by atoms with Crippen molar-refractivity contribution in [2.45, 2.75) is 32.2 Å². The fourth-order valence-corrected chi connectivity index (χ4v) is 2.79. The van der Waals surface area contributed by atoms with E-state index in [2.05, 4.69) is 10.4 Å². The molecule has 1 saturated carbocycles. The highest BCUT2D eigenvalue weighted by Crippen LogP contribution is 2.31. The van der Waals surface area contributed by atoms with Crippen molar-refractivity contribution in [1.82, 2.24) is 19.6 Å². The molecule has 24 heavy (non-hydrogen) atoms. The summed E-state index contributed by atoms with van der Waals surface area (Å²) in [7, 11) is 0. The maximum absolute atomic E-state index is 12.3. The number of urea groups is 1. The predicted octanol–water partition coefficient (Wildman–Crippen LogP) is 1.62. The Bertz CT molecular complexity index is 602. The lowest BCUT2D eigenvalue weighted by atomic mass is 10.3. The summed E-state index contributed by atoms with van der Waals surface area (Å²) >= 11 is 0. The molecule has 3 rings (SSSR count). The van der Waals surface area contributed by atoms with E-state index >= 15 is 0 Å². The van der Waals surface area contributed by atoms with Crippen molar-refractivity contribution < 1.29 is 18.4 Å². The quantitative estimate of drug-likeness (QED) is 0.905. The van der Waals surface area contributed by atoms with Crippen LogP contribution in [0.4, 0.5) is 19.4 Å². The number of nitrogens with zero attached hydrogens (tertiary/aromatic N) is 4. The first-order chi connectivity index (χ1) is 11.5. The number of alkyl halides is 2. The number of hydrogen-bond acceptors (Lipinski definition) is 3. The third-order valence-corrected chi connectivity index (χ3v) is 4.22. The van der Waals surface area contributed by atoms with Gasteiger partial charge in [0, 0.05) is 44.4 Å². The number of anilines is 1. The lowest BCUT2D eigenvalue weighted by Crippen LogP contribution is -2.39. The average molecular weight is 341 g/mol. The number of carbonyl (C=O) groups excluding carboxylic acids is 2. The summed E-state index contributed by atoms with van der Waals surface area (Å²) in [5.74, 6) is 0.628. The summed E-state index contributed by atoms with van der Waals surface area (Å²) < 4.78 is 25.7. The van der Waals surface area contributed by atoms with Gasteiger partial charge in [-0.2, -0.15) is 5.10 Å². The fourth-order valence-electron chi connectivity index (χ4n) is 2.79. The highest BCUT2D eigenvalue weighted by Gasteiger charge is 2.34. The molecule has 0 radical (unpaired) electrons. The monoisotopic (exact) mass is 341 g/mol. The van der Waals surface area contributed by atoms with Crippen molar-refractivity contribution in [1.29, 1.82) is 0 Å². The van der Waals surface area contributed by atoms with Gasteiger partial charge in [-0.1, -0.05) is 0 Å². The van der Waals surface area contributed by atoms with Crippen molar-refractivity contribution in [2.24, 2.45) is 5.92 Å². The van der Waals surface area contributed by atoms with Gasteiger partial charge < -0.3 is 9.80 Å². The zero-order valence-corrected chi connectivity index (χ0v) is 13.3. The normalized spacial score (nSPS) is 18.6. The highest BCUT2D eigenvalue weighted by atomic mass is 19.3. The molecule has 1 aliphatic carbocycles. The molecule has 0 aromatic carbocycles. The Kier molecular flexibility index (Phi) is 4.96. The van der Waals surface area contributed by atoms with E-state index in [0.717, 1.165) is 23.9 Å². The number of nitrogens with one attached hydrogen (secondary N) is 1. The van der Waals surface area contributed by atoms with E-state index in [1.54, 1.807) is 4.90 Å². The van der Waals surface area contributed by atoms with Gasteiger partial charge in [0.1, 0.15) is 6.54 Å². The van der Waals surface area contributed by atoms with Crippen LogP contribution in [0.25, 0.3) is 0 Å². The highest BCUT2D eigenvalue weighted by molar-refractivity contribution is 5.88. The molecule has 9 heteroatoms. The second-order valence-corrected chi connectivity index (χ2v) is 6.18. The van der Waals surface area contributed by atoms with Gasteiger partial charge in [-0.15, -0.1) is 0 Å². The third kappa shape index (κ3) is 4.21. The lowest BCUT2D eigenvalue weighted by molar-refractivity contribution is -0.132. The van der Waals surface area contributed by atoms with Crippen LogP contribution in [-0.2, 0) is 11.3 Å². The summed E-state index contributed by atoms with van der Waals surface area (Å²) in [4.78, 5) is 27.9. The average Bonchev–Trinajstić information content (AvgIpc) is 3.32. The maximum atomic E-state index is 12.3. The van der Waals surface area contributed by atoms with Gasteiger partial charge in [0.05, 0.1) is 0 Å². The minimum Gasteiger partial charge on any atom is -0.341 e. The molecule has 0 bridgehead atoms. The van der Waals surface area contributed by atoms with E-state index in [0.29, 0.717) is 26.2 Å². The van der Waals surface area contributed by atoms with Crippen molar-refractivity contribution in [2.75, 3.05) is 31.5 Å². The van der Waals surface area contributed by atoms with Crippen LogP contribution in [0.5, 0.6) is 0 Å². The molecule has 0 spiro atoms. The minimum atomic E-state index is -2.49. The number of rotatable bonds is 4. The number of amides is 3. The van der Waals surface area contributed by atoms with Gasteiger partial charge in [-0.25, -0.2) is 13.6 Å². The van der Waals surface area contributed by atoms with Gasteiger partial charge in [-0.3, -0.25) is 14.8 Å². The molecule has 1 aromatic heterocycles. The Hall–Kier alpha value is -2.19. The Labute approximate surface area is 138 Å². The van der Waals surface area contributed by atoms with Gasteiger partial charge in [0.25, 0.3) is 6.43 Å². The standard InChI is InChI=1S/C15H21F2N5O2/c16-12(17)10-22-7-4-13(19-22)18-15(24)21-6-1-5-20(8-9-21)14(23)11-2-3-11/h4,7,11-12H,1-3,5-6,8-10H2,(H,18,19,24). The molecular weight excluding hydrogens is 320 g/mol. The van der Waals surface area contributed by atoms with Gasteiger partial charge in [0.2, 0.25) is 5.91 Å². The molecule has 2 fully saturated rings. The molecule has 3 amide bonds. The van der Waals surface area contributed by atoms with E-state index in [4.69, 9.17) is 0 Å². The molecule has 7 nitrogen and oxygen atoms in total. The first-order valence-corrected chi connectivity index (χ1v) is 8.19. The maximum Gasteiger partial charge on any atom is 0.323 e. The molecule has 132 valence electrons. The summed E-state index contributed by atoms with van der Waals surface area (Å²) in [6.07, 6.45) is 1.59. The first kappa shape index (κ1) is 16.7. The summed E-state index contributed by atoms with van der Waals surface area (Å²) in [6.45, 7) is 1.71. The van der Waals surface area contributed by atoms with Crippen molar-refractivity contribution in [3.8, 4) is 0 Å². The second kappa shape index (κ2) is 7.14. The summed E-state index contributed by atoms with van der Waals surface area (Å²) in [5, 5.41) is 6.52. The van der Waals surface area contributed by atoms with E-state index in [1.807, 2.05) is 4.90 Å². The molecule has 2 heterocycles. The fraction of sp³-hybridized carbons (Fsp3) is 0.667. The molecule has 0 unspecified atom stereocenters. The van der Waals surface area contributed by atoms with Gasteiger partial charge in [-0.05, 0) is 19.3 Å². The lowest BCUT2D eigenvalue weighted by Gasteiger charge is -2.22. The SMILES string of the molecule is O=C(Nc1ccn(CC(F)F)n1)N1CCCN(C(=O)C2CC2)CC1.